The minimum atomic E-state index is 0.0755. The van der Waals surface area contributed by atoms with E-state index in [9.17, 15) is 4.79 Å². The minimum absolute atomic E-state index is 0.0755. The zero-order valence-corrected chi connectivity index (χ0v) is 10.5. The first-order valence-electron chi connectivity index (χ1n) is 5.75. The lowest BCUT2D eigenvalue weighted by Gasteiger charge is -2.15. The average Bonchev–Trinajstić information content (AvgIpc) is 2.63. The van der Waals surface area contributed by atoms with Crippen molar-refractivity contribution in [1.82, 2.24) is 14.9 Å². The number of aromatic nitrogens is 2. The molecule has 1 aromatic heterocycles. The molecule has 0 spiro atoms. The molecule has 1 aromatic rings. The monoisotopic (exact) mass is 223 g/mol. The van der Waals surface area contributed by atoms with Crippen LogP contribution < -0.4 is 5.32 Å². The lowest BCUT2D eigenvalue weighted by atomic mass is 9.97. The molecular weight excluding hydrogens is 202 g/mol. The Morgan fingerprint density at radius 2 is 2.19 bits per heavy atom. The minimum Gasteiger partial charge on any atom is -0.355 e. The summed E-state index contributed by atoms with van der Waals surface area (Å²) < 4.78 is 1.97. The molecule has 0 radical (unpaired) electrons. The molecule has 1 heterocycles. The average molecular weight is 223 g/mol. The van der Waals surface area contributed by atoms with Crippen LogP contribution in [0.25, 0.3) is 0 Å². The topological polar surface area (TPSA) is 46.9 Å². The Hall–Kier alpha value is -1.32. The summed E-state index contributed by atoms with van der Waals surface area (Å²) in [6.07, 6.45) is 4.43. The van der Waals surface area contributed by atoms with Crippen molar-refractivity contribution >= 4 is 5.91 Å². The lowest BCUT2D eigenvalue weighted by molar-refractivity contribution is -0.125. The first-order valence-corrected chi connectivity index (χ1v) is 5.75. The number of nitrogens with one attached hydrogen (secondary N) is 1. The van der Waals surface area contributed by atoms with E-state index in [0.717, 1.165) is 12.1 Å². The highest BCUT2D eigenvalue weighted by Gasteiger charge is 2.15. The fourth-order valence-corrected chi connectivity index (χ4v) is 1.40. The molecule has 16 heavy (non-hydrogen) atoms. The second kappa shape index (κ2) is 5.68. The quantitative estimate of drug-likeness (QED) is 0.819. The van der Waals surface area contributed by atoms with E-state index in [2.05, 4.69) is 24.1 Å². The summed E-state index contributed by atoms with van der Waals surface area (Å²) in [4.78, 5) is 15.7. The fraction of sp³-hybridized carbons (Fsp3) is 0.667. The van der Waals surface area contributed by atoms with Gasteiger partial charge in [-0.15, -0.1) is 0 Å². The van der Waals surface area contributed by atoms with Gasteiger partial charge in [0.1, 0.15) is 0 Å². The highest BCUT2D eigenvalue weighted by atomic mass is 16.1. The smallest absolute Gasteiger partial charge is 0.223 e. The molecule has 1 atom stereocenters. The molecule has 0 aliphatic heterocycles. The van der Waals surface area contributed by atoms with Crippen LogP contribution in [0, 0.1) is 11.8 Å². The Bertz CT molecular complexity index is 344. The number of aryl methyl sites for hydroxylation is 1. The van der Waals surface area contributed by atoms with Crippen LogP contribution in [-0.4, -0.2) is 22.0 Å². The number of hydrogen-bond acceptors (Lipinski definition) is 2. The molecule has 1 rings (SSSR count). The van der Waals surface area contributed by atoms with Gasteiger partial charge < -0.3 is 9.88 Å². The maximum absolute atomic E-state index is 11.7. The van der Waals surface area contributed by atoms with Crippen LogP contribution in [0.5, 0.6) is 0 Å². The molecule has 4 nitrogen and oxygen atoms in total. The van der Waals surface area contributed by atoms with Crippen LogP contribution >= 0.6 is 0 Å². The van der Waals surface area contributed by atoms with Gasteiger partial charge in [-0.25, -0.2) is 4.98 Å². The van der Waals surface area contributed by atoms with E-state index in [1.54, 1.807) is 6.33 Å². The van der Waals surface area contributed by atoms with Gasteiger partial charge in [0.05, 0.1) is 6.33 Å². The molecule has 4 heteroatoms. The predicted octanol–water partition coefficient (Wildman–Crippen LogP) is 1.37. The molecule has 90 valence electrons. The highest BCUT2D eigenvalue weighted by molar-refractivity contribution is 5.78. The van der Waals surface area contributed by atoms with E-state index >= 15 is 0 Å². The van der Waals surface area contributed by atoms with Crippen LogP contribution in [0.4, 0.5) is 0 Å². The zero-order chi connectivity index (χ0) is 12.1. The number of carbonyl (C=O) groups excluding carboxylic acids is 1. The van der Waals surface area contributed by atoms with Gasteiger partial charge in [0.15, 0.2) is 0 Å². The van der Waals surface area contributed by atoms with Crippen molar-refractivity contribution < 1.29 is 4.79 Å². The third-order valence-corrected chi connectivity index (χ3v) is 3.01. The SMILES string of the molecule is CC(C)[C@@H](C)C(=O)NCCc1cncn1C. The third-order valence-electron chi connectivity index (χ3n) is 3.01. The lowest BCUT2D eigenvalue weighted by Crippen LogP contribution is -2.33. The molecule has 0 unspecified atom stereocenters. The van der Waals surface area contributed by atoms with Crippen molar-refractivity contribution in [2.75, 3.05) is 6.54 Å². The first kappa shape index (κ1) is 12.7. The largest absolute Gasteiger partial charge is 0.355 e. The van der Waals surface area contributed by atoms with Gasteiger partial charge in [0.25, 0.3) is 0 Å². The van der Waals surface area contributed by atoms with Gasteiger partial charge >= 0.3 is 0 Å². The van der Waals surface area contributed by atoms with E-state index in [1.807, 2.05) is 24.7 Å². The second-order valence-corrected chi connectivity index (χ2v) is 4.57. The first-order chi connectivity index (χ1) is 7.52. The van der Waals surface area contributed by atoms with Gasteiger partial charge in [0, 0.05) is 37.8 Å². The summed E-state index contributed by atoms with van der Waals surface area (Å²) in [7, 11) is 1.96. The predicted molar refractivity (Wildman–Crippen MR) is 63.9 cm³/mol. The summed E-state index contributed by atoms with van der Waals surface area (Å²) in [6.45, 7) is 6.76. The number of carbonyl (C=O) groups is 1. The molecular formula is C12H21N3O. The summed E-state index contributed by atoms with van der Waals surface area (Å²) in [5, 5.41) is 2.95. The van der Waals surface area contributed by atoms with Gasteiger partial charge in [-0.3, -0.25) is 4.79 Å². The molecule has 0 aliphatic rings. The Morgan fingerprint density at radius 3 is 2.69 bits per heavy atom. The van der Waals surface area contributed by atoms with E-state index in [1.165, 1.54) is 0 Å². The van der Waals surface area contributed by atoms with Crippen molar-refractivity contribution in [2.24, 2.45) is 18.9 Å². The molecule has 0 fully saturated rings. The van der Waals surface area contributed by atoms with Crippen LogP contribution in [0.1, 0.15) is 26.5 Å². The Balaban J connectivity index is 2.31. The molecule has 1 amide bonds. The summed E-state index contributed by atoms with van der Waals surface area (Å²) in [5.41, 5.74) is 1.14. The summed E-state index contributed by atoms with van der Waals surface area (Å²) in [5.74, 6) is 0.598. The highest BCUT2D eigenvalue weighted by Crippen LogP contribution is 2.09. The third kappa shape index (κ3) is 3.36. The van der Waals surface area contributed by atoms with Crippen LogP contribution in [0.15, 0.2) is 12.5 Å². The molecule has 0 aromatic carbocycles. The van der Waals surface area contributed by atoms with Gasteiger partial charge in [-0.05, 0) is 5.92 Å². The van der Waals surface area contributed by atoms with Crippen LogP contribution in [0.3, 0.4) is 0 Å². The number of hydrogen-bond donors (Lipinski definition) is 1. The standard InChI is InChI=1S/C12H21N3O/c1-9(2)10(3)12(16)14-6-5-11-7-13-8-15(11)4/h7-10H,5-6H2,1-4H3,(H,14,16)/t10-/m1/s1. The summed E-state index contributed by atoms with van der Waals surface area (Å²) in [6, 6.07) is 0. The Labute approximate surface area is 97.1 Å². The Kier molecular flexibility index (Phi) is 4.52. The molecule has 1 N–H and O–H groups in total. The normalized spacial score (nSPS) is 12.8. The van der Waals surface area contributed by atoms with Gasteiger partial charge in [-0.1, -0.05) is 20.8 Å². The van der Waals surface area contributed by atoms with Gasteiger partial charge in [0.2, 0.25) is 5.91 Å². The number of rotatable bonds is 5. The van der Waals surface area contributed by atoms with Crippen molar-refractivity contribution in [2.45, 2.75) is 27.2 Å². The second-order valence-electron chi connectivity index (χ2n) is 4.57. The van der Waals surface area contributed by atoms with E-state index in [0.29, 0.717) is 12.5 Å². The molecule has 0 aliphatic carbocycles. The van der Waals surface area contributed by atoms with E-state index in [4.69, 9.17) is 0 Å². The fourth-order valence-electron chi connectivity index (χ4n) is 1.40. The maximum Gasteiger partial charge on any atom is 0.223 e. The Morgan fingerprint density at radius 1 is 1.50 bits per heavy atom. The zero-order valence-electron chi connectivity index (χ0n) is 10.5. The number of nitrogens with zero attached hydrogens (tertiary/aromatic N) is 2. The van der Waals surface area contributed by atoms with Crippen molar-refractivity contribution in [1.29, 1.82) is 0 Å². The van der Waals surface area contributed by atoms with Crippen molar-refractivity contribution in [3.05, 3.63) is 18.2 Å². The van der Waals surface area contributed by atoms with E-state index in [-0.39, 0.29) is 11.8 Å². The van der Waals surface area contributed by atoms with Crippen molar-refractivity contribution in [3.8, 4) is 0 Å². The van der Waals surface area contributed by atoms with Gasteiger partial charge in [-0.2, -0.15) is 0 Å². The summed E-state index contributed by atoms with van der Waals surface area (Å²) >= 11 is 0. The van der Waals surface area contributed by atoms with Crippen LogP contribution in [-0.2, 0) is 18.3 Å². The molecule has 0 saturated heterocycles. The molecule has 0 saturated carbocycles. The molecule has 0 bridgehead atoms. The van der Waals surface area contributed by atoms with Crippen LogP contribution in [0.2, 0.25) is 0 Å². The van der Waals surface area contributed by atoms with E-state index < -0.39 is 0 Å². The van der Waals surface area contributed by atoms with Crippen molar-refractivity contribution in [3.63, 3.8) is 0 Å². The maximum atomic E-state index is 11.7. The number of imidazole rings is 1. The number of amides is 1.